The van der Waals surface area contributed by atoms with Crippen molar-refractivity contribution in [1.29, 1.82) is 0 Å². The van der Waals surface area contributed by atoms with E-state index < -0.39 is 0 Å². The number of hydrogen-bond acceptors (Lipinski definition) is 1. The van der Waals surface area contributed by atoms with Crippen LogP contribution in [0.25, 0.3) is 0 Å². The number of rotatable bonds is 2. The van der Waals surface area contributed by atoms with E-state index >= 15 is 0 Å². The van der Waals surface area contributed by atoms with Crippen molar-refractivity contribution in [2.24, 2.45) is 5.92 Å². The van der Waals surface area contributed by atoms with E-state index in [-0.39, 0.29) is 11.9 Å². The standard InChI is InChI=1S/C14H18BrFO/c15-14-9-12(16)6-5-11(14)7-10-3-1-2-4-13(17)8-10/h5-6,9-10,13,17H,1-4,7-8H2. The number of aliphatic hydroxyl groups is 1. The third kappa shape index (κ3) is 3.78. The van der Waals surface area contributed by atoms with Gasteiger partial charge in [-0.15, -0.1) is 0 Å². The van der Waals surface area contributed by atoms with Crippen molar-refractivity contribution in [3.8, 4) is 0 Å². The van der Waals surface area contributed by atoms with Gasteiger partial charge in [0.15, 0.2) is 0 Å². The summed E-state index contributed by atoms with van der Waals surface area (Å²) < 4.78 is 13.8. The summed E-state index contributed by atoms with van der Waals surface area (Å²) in [6.07, 6.45) is 6.08. The first-order valence-corrected chi connectivity index (χ1v) is 7.06. The molecule has 1 fully saturated rings. The molecule has 0 amide bonds. The van der Waals surface area contributed by atoms with E-state index in [4.69, 9.17) is 0 Å². The van der Waals surface area contributed by atoms with Gasteiger partial charge in [-0.1, -0.05) is 41.3 Å². The lowest BCUT2D eigenvalue weighted by Gasteiger charge is -2.17. The maximum absolute atomic E-state index is 13.0. The van der Waals surface area contributed by atoms with Gasteiger partial charge in [-0.25, -0.2) is 4.39 Å². The predicted molar refractivity (Wildman–Crippen MR) is 70.4 cm³/mol. The van der Waals surface area contributed by atoms with E-state index in [0.717, 1.165) is 35.7 Å². The largest absolute Gasteiger partial charge is 0.393 e. The molecule has 1 saturated carbocycles. The zero-order chi connectivity index (χ0) is 12.3. The summed E-state index contributed by atoms with van der Waals surface area (Å²) in [5, 5.41) is 9.78. The van der Waals surface area contributed by atoms with Crippen molar-refractivity contribution in [2.45, 2.75) is 44.6 Å². The third-order valence-corrected chi connectivity index (χ3v) is 4.27. The van der Waals surface area contributed by atoms with Gasteiger partial charge in [0.05, 0.1) is 6.10 Å². The van der Waals surface area contributed by atoms with Crippen LogP contribution >= 0.6 is 15.9 Å². The van der Waals surface area contributed by atoms with Gasteiger partial charge in [0, 0.05) is 4.47 Å². The summed E-state index contributed by atoms with van der Waals surface area (Å²) in [7, 11) is 0. The first kappa shape index (κ1) is 13.0. The van der Waals surface area contributed by atoms with Crippen LogP contribution in [0.2, 0.25) is 0 Å². The lowest BCUT2D eigenvalue weighted by Crippen LogP contribution is -2.12. The summed E-state index contributed by atoms with van der Waals surface area (Å²) in [5.74, 6) is 0.316. The smallest absolute Gasteiger partial charge is 0.124 e. The zero-order valence-corrected chi connectivity index (χ0v) is 11.4. The molecule has 2 rings (SSSR count). The van der Waals surface area contributed by atoms with E-state index in [2.05, 4.69) is 15.9 Å². The normalized spacial score (nSPS) is 25.6. The maximum atomic E-state index is 13.0. The average Bonchev–Trinajstić information content (AvgIpc) is 2.47. The van der Waals surface area contributed by atoms with Crippen molar-refractivity contribution in [2.75, 3.05) is 0 Å². The number of halogens is 2. The molecular weight excluding hydrogens is 283 g/mol. The third-order valence-electron chi connectivity index (χ3n) is 3.53. The predicted octanol–water partition coefficient (Wildman–Crippen LogP) is 4.07. The van der Waals surface area contributed by atoms with E-state index in [0.29, 0.717) is 5.92 Å². The maximum Gasteiger partial charge on any atom is 0.124 e. The van der Waals surface area contributed by atoms with Gasteiger partial charge in [-0.3, -0.25) is 0 Å². The van der Waals surface area contributed by atoms with Crippen molar-refractivity contribution < 1.29 is 9.50 Å². The van der Waals surface area contributed by atoms with Crippen LogP contribution in [0.1, 0.15) is 37.7 Å². The Bertz CT molecular complexity index is 380. The van der Waals surface area contributed by atoms with Gasteiger partial charge < -0.3 is 5.11 Å². The summed E-state index contributed by atoms with van der Waals surface area (Å²) in [5.41, 5.74) is 1.14. The quantitative estimate of drug-likeness (QED) is 0.816. The van der Waals surface area contributed by atoms with Crippen LogP contribution in [-0.4, -0.2) is 11.2 Å². The molecule has 3 heteroatoms. The summed E-state index contributed by atoms with van der Waals surface area (Å²) >= 11 is 3.41. The topological polar surface area (TPSA) is 20.2 Å². The first-order chi connectivity index (χ1) is 8.15. The van der Waals surface area contributed by atoms with Gasteiger partial charge >= 0.3 is 0 Å². The van der Waals surface area contributed by atoms with Crippen LogP contribution in [0.5, 0.6) is 0 Å². The van der Waals surface area contributed by atoms with Gasteiger partial charge in [0.25, 0.3) is 0 Å². The Morgan fingerprint density at radius 1 is 1.29 bits per heavy atom. The molecule has 0 aromatic heterocycles. The van der Waals surface area contributed by atoms with Gasteiger partial charge in [0.2, 0.25) is 0 Å². The fourth-order valence-electron chi connectivity index (χ4n) is 2.62. The van der Waals surface area contributed by atoms with Crippen molar-refractivity contribution >= 4 is 15.9 Å². The highest BCUT2D eigenvalue weighted by atomic mass is 79.9. The van der Waals surface area contributed by atoms with Crippen LogP contribution in [0.15, 0.2) is 22.7 Å². The molecule has 17 heavy (non-hydrogen) atoms. The molecule has 2 atom stereocenters. The van der Waals surface area contributed by atoms with Crippen molar-refractivity contribution in [3.63, 3.8) is 0 Å². The first-order valence-electron chi connectivity index (χ1n) is 6.27. The molecule has 1 aliphatic carbocycles. The van der Waals surface area contributed by atoms with E-state index in [9.17, 15) is 9.50 Å². The van der Waals surface area contributed by atoms with Crippen LogP contribution in [0, 0.1) is 11.7 Å². The van der Waals surface area contributed by atoms with E-state index in [1.54, 1.807) is 0 Å². The lowest BCUT2D eigenvalue weighted by molar-refractivity contribution is 0.141. The minimum absolute atomic E-state index is 0.151. The summed E-state index contributed by atoms with van der Waals surface area (Å²) in [6, 6.07) is 4.87. The number of aliphatic hydroxyl groups excluding tert-OH is 1. The molecule has 1 N–H and O–H groups in total. The fraction of sp³-hybridized carbons (Fsp3) is 0.571. The Hall–Kier alpha value is -0.410. The molecule has 0 saturated heterocycles. The number of benzene rings is 1. The van der Waals surface area contributed by atoms with E-state index in [1.807, 2.05) is 6.07 Å². The lowest BCUT2D eigenvalue weighted by atomic mass is 9.92. The molecular formula is C14H18BrFO. The monoisotopic (exact) mass is 300 g/mol. The molecule has 1 aliphatic rings. The Morgan fingerprint density at radius 2 is 2.06 bits per heavy atom. The second-order valence-electron chi connectivity index (χ2n) is 4.98. The van der Waals surface area contributed by atoms with E-state index in [1.165, 1.54) is 25.0 Å². The molecule has 1 aromatic rings. The van der Waals surface area contributed by atoms with Crippen LogP contribution in [0.4, 0.5) is 4.39 Å². The molecule has 0 radical (unpaired) electrons. The highest BCUT2D eigenvalue weighted by molar-refractivity contribution is 9.10. The molecule has 1 nitrogen and oxygen atoms in total. The molecule has 0 bridgehead atoms. The minimum Gasteiger partial charge on any atom is -0.393 e. The van der Waals surface area contributed by atoms with Crippen LogP contribution in [-0.2, 0) is 6.42 Å². The van der Waals surface area contributed by atoms with Crippen LogP contribution in [0.3, 0.4) is 0 Å². The minimum atomic E-state index is -0.207. The van der Waals surface area contributed by atoms with Crippen molar-refractivity contribution in [3.05, 3.63) is 34.1 Å². The molecule has 2 unspecified atom stereocenters. The second kappa shape index (κ2) is 5.96. The van der Waals surface area contributed by atoms with Crippen LogP contribution < -0.4 is 0 Å². The highest BCUT2D eigenvalue weighted by Crippen LogP contribution is 2.29. The summed E-state index contributed by atoms with van der Waals surface area (Å²) in [4.78, 5) is 0. The Balaban J connectivity index is 2.03. The van der Waals surface area contributed by atoms with Gasteiger partial charge in [-0.2, -0.15) is 0 Å². The average molecular weight is 301 g/mol. The Labute approximate surface area is 110 Å². The SMILES string of the molecule is OC1CCCCC(Cc2ccc(F)cc2Br)C1. The molecule has 0 heterocycles. The molecule has 0 aliphatic heterocycles. The number of hydrogen-bond donors (Lipinski definition) is 1. The van der Waals surface area contributed by atoms with Gasteiger partial charge in [0.1, 0.15) is 5.82 Å². The molecule has 0 spiro atoms. The molecule has 1 aromatic carbocycles. The van der Waals surface area contributed by atoms with Gasteiger partial charge in [-0.05, 0) is 42.9 Å². The second-order valence-corrected chi connectivity index (χ2v) is 5.83. The molecule has 94 valence electrons. The Morgan fingerprint density at radius 3 is 2.82 bits per heavy atom. The summed E-state index contributed by atoms with van der Waals surface area (Å²) in [6.45, 7) is 0. The highest BCUT2D eigenvalue weighted by Gasteiger charge is 2.19. The fourth-order valence-corrected chi connectivity index (χ4v) is 3.13. The Kier molecular flexibility index (Phi) is 4.57. The zero-order valence-electron chi connectivity index (χ0n) is 9.83. The van der Waals surface area contributed by atoms with Crippen molar-refractivity contribution in [1.82, 2.24) is 0 Å².